The number of hydrogen-bond acceptors (Lipinski definition) is 7. The third-order valence-corrected chi connectivity index (χ3v) is 8.38. The molecule has 1 saturated heterocycles. The maximum absolute atomic E-state index is 15.2. The fourth-order valence-corrected chi connectivity index (χ4v) is 6.79. The molecule has 0 saturated carbocycles. The lowest BCUT2D eigenvalue weighted by molar-refractivity contribution is -0.137. The molecule has 7 nitrogen and oxygen atoms in total. The van der Waals surface area contributed by atoms with Crippen LogP contribution in [-0.4, -0.2) is 60.5 Å². The summed E-state index contributed by atoms with van der Waals surface area (Å²) in [6.07, 6.45) is -5.57. The van der Waals surface area contributed by atoms with Crippen LogP contribution in [0.5, 0.6) is 0 Å². The van der Waals surface area contributed by atoms with Crippen LogP contribution >= 0.6 is 23.4 Å². The molecule has 0 amide bonds. The maximum atomic E-state index is 15.2. The maximum Gasteiger partial charge on any atom is 0.417 e. The second-order valence-electron chi connectivity index (χ2n) is 9.98. The summed E-state index contributed by atoms with van der Waals surface area (Å²) in [4.78, 5) is 19.6. The van der Waals surface area contributed by atoms with Gasteiger partial charge in [-0.2, -0.15) is 18.2 Å². The summed E-state index contributed by atoms with van der Waals surface area (Å²) in [6, 6.07) is 2.16. The van der Waals surface area contributed by atoms with E-state index in [4.69, 9.17) is 21.1 Å². The van der Waals surface area contributed by atoms with Crippen molar-refractivity contribution in [3.05, 3.63) is 50.9 Å². The first-order chi connectivity index (χ1) is 18.9. The van der Waals surface area contributed by atoms with Gasteiger partial charge >= 0.3 is 11.9 Å². The Morgan fingerprint density at radius 1 is 1.12 bits per heavy atom. The van der Waals surface area contributed by atoms with E-state index in [1.807, 2.05) is 13.8 Å². The summed E-state index contributed by atoms with van der Waals surface area (Å²) in [5, 5.41) is 2.92. The Hall–Kier alpha value is -2.45. The van der Waals surface area contributed by atoms with Crippen LogP contribution in [-0.2, 0) is 22.2 Å². The smallest absolute Gasteiger partial charge is 0.359 e. The quantitative estimate of drug-likeness (QED) is 0.241. The minimum absolute atomic E-state index is 0.00639. The molecule has 40 heavy (non-hydrogen) atoms. The Balaban J connectivity index is 1.88. The third kappa shape index (κ3) is 5.41. The Morgan fingerprint density at radius 2 is 1.82 bits per heavy atom. The fourth-order valence-electron chi connectivity index (χ4n) is 5.35. The molecule has 0 aliphatic carbocycles. The fraction of sp³-hybridized carbons (Fsp3) is 0.462. The molecule has 0 bridgehead atoms. The summed E-state index contributed by atoms with van der Waals surface area (Å²) < 4.78 is 85.4. The van der Waals surface area contributed by atoms with Crippen LogP contribution in [0, 0.1) is 11.6 Å². The molecule has 2 aromatic carbocycles. The van der Waals surface area contributed by atoms with Gasteiger partial charge in [-0.3, -0.25) is 4.57 Å². The van der Waals surface area contributed by atoms with Crippen molar-refractivity contribution >= 4 is 40.1 Å². The number of nitrogens with zero attached hydrogens (tertiary/aromatic N) is 3. The van der Waals surface area contributed by atoms with E-state index < -0.39 is 51.3 Å². The number of halogens is 6. The number of hydrogen-bond donors (Lipinski definition) is 1. The molecule has 2 aliphatic rings. The Bertz CT molecular complexity index is 1510. The van der Waals surface area contributed by atoms with E-state index in [0.717, 1.165) is 23.9 Å². The van der Waals surface area contributed by atoms with Crippen LogP contribution in [0.1, 0.15) is 19.4 Å². The van der Waals surface area contributed by atoms with Crippen molar-refractivity contribution in [1.82, 2.24) is 14.9 Å². The summed E-state index contributed by atoms with van der Waals surface area (Å²) >= 11 is 6.91. The lowest BCUT2D eigenvalue weighted by Crippen LogP contribution is -2.55. The van der Waals surface area contributed by atoms with E-state index in [0.29, 0.717) is 19.2 Å². The van der Waals surface area contributed by atoms with E-state index in [2.05, 4.69) is 10.3 Å². The largest absolute Gasteiger partial charge is 0.417 e. The minimum Gasteiger partial charge on any atom is -0.359 e. The number of benzene rings is 2. The average molecular weight is 605 g/mol. The highest BCUT2D eigenvalue weighted by atomic mass is 35.5. The summed E-state index contributed by atoms with van der Waals surface area (Å²) in [5.74, 6) is -2.08. The molecular formula is C26H26ClF5N4O3S. The highest BCUT2D eigenvalue weighted by Crippen LogP contribution is 2.49. The summed E-state index contributed by atoms with van der Waals surface area (Å²) in [6.45, 7) is 4.55. The highest BCUT2D eigenvalue weighted by Gasteiger charge is 2.39. The number of aromatic nitrogens is 2. The van der Waals surface area contributed by atoms with Crippen LogP contribution in [0.4, 0.5) is 27.8 Å². The first-order valence-electron chi connectivity index (χ1n) is 12.5. The number of piperazine rings is 1. The van der Waals surface area contributed by atoms with Crippen molar-refractivity contribution in [2.45, 2.75) is 49.7 Å². The number of alkyl halides is 3. The van der Waals surface area contributed by atoms with Gasteiger partial charge < -0.3 is 19.7 Å². The van der Waals surface area contributed by atoms with Crippen molar-refractivity contribution in [3.8, 4) is 11.1 Å². The molecule has 0 unspecified atom stereocenters. The van der Waals surface area contributed by atoms with E-state index in [9.17, 15) is 22.4 Å². The molecule has 0 spiro atoms. The lowest BCUT2D eigenvalue weighted by atomic mass is 9.95. The lowest BCUT2D eigenvalue weighted by Gasteiger charge is -2.37. The van der Waals surface area contributed by atoms with Gasteiger partial charge in [-0.15, -0.1) is 11.8 Å². The number of thioether (sulfide) groups is 1. The van der Waals surface area contributed by atoms with Gasteiger partial charge in [-0.1, -0.05) is 11.6 Å². The van der Waals surface area contributed by atoms with Crippen LogP contribution < -0.4 is 15.9 Å². The van der Waals surface area contributed by atoms with Crippen LogP contribution in [0.3, 0.4) is 0 Å². The summed E-state index contributed by atoms with van der Waals surface area (Å²) in [7, 11) is 1.42. The zero-order valence-corrected chi connectivity index (χ0v) is 23.3. The highest BCUT2D eigenvalue weighted by molar-refractivity contribution is 7.99. The Labute approximate surface area is 235 Å². The molecule has 3 atom stereocenters. The Kier molecular flexibility index (Phi) is 8.05. The SMILES string of the molecule is COCO[C@@H]1CSc2c(-c3cc(Cl)c(F)cc3F)c(C(F)(F)F)cc3c(N4C[C@@H](C)N[C@@H](C)C4)nc(=O)n(c23)C1. The second-order valence-corrected chi connectivity index (χ2v) is 11.4. The van der Waals surface area contributed by atoms with Gasteiger partial charge in [-0.05, 0) is 26.0 Å². The number of ether oxygens (including phenoxy) is 2. The van der Waals surface area contributed by atoms with Crippen molar-refractivity contribution in [1.29, 1.82) is 0 Å². The standard InChI is InChI=1S/C26H26ClF5N4O3S/c1-12-7-35(8-13(2)33-12)24-16-4-17(26(30,31)32)21(15-5-18(27)20(29)6-19(15)28)23-22(16)36(25(37)34-24)9-14(10-40-23)39-11-38-3/h4-6,12-14,33H,7-11H2,1-3H3/t12-,13+,14-/m0/s1. The molecular weight excluding hydrogens is 579 g/mol. The third-order valence-electron chi connectivity index (χ3n) is 6.86. The number of methoxy groups -OCH3 is 1. The van der Waals surface area contributed by atoms with E-state index in [1.54, 1.807) is 4.90 Å². The normalized spacial score (nSPS) is 21.6. The van der Waals surface area contributed by atoms with E-state index in [-0.39, 0.29) is 52.8 Å². The van der Waals surface area contributed by atoms with Gasteiger partial charge in [0.05, 0.1) is 28.8 Å². The number of nitrogens with one attached hydrogen (secondary N) is 1. The summed E-state index contributed by atoms with van der Waals surface area (Å²) in [5.41, 5.74) is -2.71. The predicted octanol–water partition coefficient (Wildman–Crippen LogP) is 5.30. The number of anilines is 1. The van der Waals surface area contributed by atoms with Gasteiger partial charge in [0.2, 0.25) is 0 Å². The average Bonchev–Trinajstić information content (AvgIpc) is 3.06. The molecule has 3 aromatic rings. The second kappa shape index (κ2) is 11.1. The monoisotopic (exact) mass is 604 g/mol. The molecule has 1 fully saturated rings. The van der Waals surface area contributed by atoms with E-state index in [1.165, 1.54) is 11.7 Å². The molecule has 3 heterocycles. The molecule has 1 N–H and O–H groups in total. The van der Waals surface area contributed by atoms with Crippen molar-refractivity contribution in [3.63, 3.8) is 0 Å². The van der Waals surface area contributed by atoms with Crippen LogP contribution in [0.2, 0.25) is 5.02 Å². The van der Waals surface area contributed by atoms with Crippen LogP contribution in [0.25, 0.3) is 22.0 Å². The molecule has 216 valence electrons. The van der Waals surface area contributed by atoms with E-state index >= 15 is 4.39 Å². The van der Waals surface area contributed by atoms with Crippen LogP contribution in [0.15, 0.2) is 27.9 Å². The van der Waals surface area contributed by atoms with Crippen molar-refractivity contribution < 1.29 is 31.4 Å². The molecule has 1 aromatic heterocycles. The predicted molar refractivity (Wildman–Crippen MR) is 143 cm³/mol. The van der Waals surface area contributed by atoms with Gasteiger partial charge in [-0.25, -0.2) is 13.6 Å². The minimum atomic E-state index is -4.94. The van der Waals surface area contributed by atoms with Gasteiger partial charge in [0, 0.05) is 65.5 Å². The van der Waals surface area contributed by atoms with Gasteiger partial charge in [0.25, 0.3) is 0 Å². The molecule has 5 rings (SSSR count). The zero-order chi connectivity index (χ0) is 28.9. The first-order valence-corrected chi connectivity index (χ1v) is 13.8. The first kappa shape index (κ1) is 29.1. The van der Waals surface area contributed by atoms with Gasteiger partial charge in [0.15, 0.2) is 0 Å². The zero-order valence-electron chi connectivity index (χ0n) is 21.7. The van der Waals surface area contributed by atoms with Crippen molar-refractivity contribution in [2.24, 2.45) is 0 Å². The number of rotatable bonds is 5. The topological polar surface area (TPSA) is 68.6 Å². The molecule has 0 radical (unpaired) electrons. The molecule has 2 aliphatic heterocycles. The molecule has 14 heteroatoms. The Morgan fingerprint density at radius 3 is 2.48 bits per heavy atom. The van der Waals surface area contributed by atoms with Gasteiger partial charge in [0.1, 0.15) is 24.2 Å². The van der Waals surface area contributed by atoms with Crippen molar-refractivity contribution in [2.75, 3.05) is 37.6 Å².